The molecule has 2 heterocycles. The molecule has 6 nitrogen and oxygen atoms in total. The van der Waals surface area contributed by atoms with Gasteiger partial charge in [0.2, 0.25) is 12.7 Å². The number of nitrogens with two attached hydrogens (primary N) is 1. The monoisotopic (exact) mass is 271 g/mol. The van der Waals surface area contributed by atoms with E-state index in [0.29, 0.717) is 17.9 Å². The van der Waals surface area contributed by atoms with Crippen molar-refractivity contribution in [3.8, 4) is 11.5 Å². The van der Waals surface area contributed by atoms with Gasteiger partial charge < -0.3 is 20.5 Å². The lowest BCUT2D eigenvalue weighted by Gasteiger charge is -2.06. The summed E-state index contributed by atoms with van der Waals surface area (Å²) >= 11 is 0. The number of anilines is 1. The van der Waals surface area contributed by atoms with Gasteiger partial charge in [0, 0.05) is 12.7 Å². The van der Waals surface area contributed by atoms with E-state index in [-0.39, 0.29) is 6.79 Å². The first kappa shape index (κ1) is 12.3. The average molecular weight is 271 g/mol. The minimum atomic E-state index is -0.486. The summed E-state index contributed by atoms with van der Waals surface area (Å²) in [5, 5.41) is 3.16. The van der Waals surface area contributed by atoms with Gasteiger partial charge in [-0.2, -0.15) is 0 Å². The lowest BCUT2D eigenvalue weighted by Crippen LogP contribution is -2.11. The molecule has 0 bridgehead atoms. The number of aromatic nitrogens is 1. The molecule has 20 heavy (non-hydrogen) atoms. The molecule has 6 heteroatoms. The summed E-state index contributed by atoms with van der Waals surface area (Å²) in [6, 6.07) is 9.11. The summed E-state index contributed by atoms with van der Waals surface area (Å²) in [4.78, 5) is 15.1. The summed E-state index contributed by atoms with van der Waals surface area (Å²) in [7, 11) is 0. The van der Waals surface area contributed by atoms with Crippen LogP contribution in [-0.2, 0) is 6.54 Å². The number of nitrogens with one attached hydrogen (secondary N) is 1. The van der Waals surface area contributed by atoms with Crippen LogP contribution in [0.3, 0.4) is 0 Å². The predicted octanol–water partition coefficient (Wildman–Crippen LogP) is 1.52. The number of rotatable bonds is 4. The molecule has 102 valence electrons. The molecule has 1 aromatic heterocycles. The van der Waals surface area contributed by atoms with Crippen molar-refractivity contribution in [1.82, 2.24) is 4.98 Å². The number of hydrogen-bond donors (Lipinski definition) is 2. The van der Waals surface area contributed by atoms with Crippen LogP contribution in [0.5, 0.6) is 11.5 Å². The maximum Gasteiger partial charge on any atom is 0.250 e. The Kier molecular flexibility index (Phi) is 3.12. The zero-order valence-corrected chi connectivity index (χ0v) is 10.6. The number of nitrogens with zero attached hydrogens (tertiary/aromatic N) is 1. The average Bonchev–Trinajstić information content (AvgIpc) is 2.93. The van der Waals surface area contributed by atoms with E-state index in [0.717, 1.165) is 17.1 Å². The maximum absolute atomic E-state index is 10.9. The van der Waals surface area contributed by atoms with Crippen LogP contribution >= 0.6 is 0 Å². The minimum Gasteiger partial charge on any atom is -0.454 e. The third kappa shape index (κ3) is 2.49. The van der Waals surface area contributed by atoms with Crippen LogP contribution < -0.4 is 20.5 Å². The van der Waals surface area contributed by atoms with Crippen molar-refractivity contribution in [2.45, 2.75) is 6.54 Å². The van der Waals surface area contributed by atoms with Gasteiger partial charge in [0.15, 0.2) is 11.5 Å². The Labute approximate surface area is 115 Å². The zero-order chi connectivity index (χ0) is 13.9. The van der Waals surface area contributed by atoms with Crippen molar-refractivity contribution < 1.29 is 14.3 Å². The van der Waals surface area contributed by atoms with Crippen LogP contribution in [0, 0.1) is 0 Å². The lowest BCUT2D eigenvalue weighted by molar-refractivity contribution is 0.1000. The standard InChI is InChI=1S/C14H13N3O3/c15-14(18)10-2-4-13(17-7-10)16-6-9-1-3-11-12(5-9)20-8-19-11/h1-5,7H,6,8H2,(H2,15,18)(H,16,17). The van der Waals surface area contributed by atoms with E-state index < -0.39 is 5.91 Å². The van der Waals surface area contributed by atoms with Crippen molar-refractivity contribution in [2.75, 3.05) is 12.1 Å². The number of carbonyl (C=O) groups is 1. The molecule has 0 fully saturated rings. The third-order valence-corrected chi connectivity index (χ3v) is 2.96. The molecular weight excluding hydrogens is 258 g/mol. The Bertz CT molecular complexity index is 641. The number of pyridine rings is 1. The van der Waals surface area contributed by atoms with E-state index in [1.165, 1.54) is 6.20 Å². The van der Waals surface area contributed by atoms with E-state index in [1.54, 1.807) is 12.1 Å². The first-order chi connectivity index (χ1) is 9.72. The largest absolute Gasteiger partial charge is 0.454 e. The fourth-order valence-electron chi connectivity index (χ4n) is 1.89. The first-order valence-electron chi connectivity index (χ1n) is 6.10. The zero-order valence-electron chi connectivity index (χ0n) is 10.6. The van der Waals surface area contributed by atoms with Crippen molar-refractivity contribution in [1.29, 1.82) is 0 Å². The molecule has 0 unspecified atom stereocenters. The number of primary amides is 1. The summed E-state index contributed by atoms with van der Waals surface area (Å²) in [5.41, 5.74) is 6.59. The second-order valence-electron chi connectivity index (χ2n) is 4.34. The fraction of sp³-hybridized carbons (Fsp3) is 0.143. The van der Waals surface area contributed by atoms with Gasteiger partial charge in [-0.15, -0.1) is 0 Å². The van der Waals surface area contributed by atoms with Crippen LogP contribution in [0.2, 0.25) is 0 Å². The molecule has 1 aliphatic rings. The van der Waals surface area contributed by atoms with E-state index in [2.05, 4.69) is 10.3 Å². The lowest BCUT2D eigenvalue weighted by atomic mass is 10.2. The van der Waals surface area contributed by atoms with E-state index in [4.69, 9.17) is 15.2 Å². The molecule has 1 aliphatic heterocycles. The van der Waals surface area contributed by atoms with Crippen LogP contribution in [0.1, 0.15) is 15.9 Å². The quantitative estimate of drug-likeness (QED) is 0.880. The molecule has 0 atom stereocenters. The highest BCUT2D eigenvalue weighted by Crippen LogP contribution is 2.32. The number of fused-ring (bicyclic) bond motifs is 1. The smallest absolute Gasteiger partial charge is 0.250 e. The molecule has 0 spiro atoms. The summed E-state index contributed by atoms with van der Waals surface area (Å²) < 4.78 is 10.6. The minimum absolute atomic E-state index is 0.266. The van der Waals surface area contributed by atoms with E-state index in [9.17, 15) is 4.79 Å². The van der Waals surface area contributed by atoms with Gasteiger partial charge in [-0.3, -0.25) is 4.79 Å². The number of carbonyl (C=O) groups excluding carboxylic acids is 1. The van der Waals surface area contributed by atoms with Gasteiger partial charge in [0.25, 0.3) is 0 Å². The SMILES string of the molecule is NC(=O)c1ccc(NCc2ccc3c(c2)OCO3)nc1. The van der Waals surface area contributed by atoms with Gasteiger partial charge in [-0.1, -0.05) is 6.07 Å². The normalized spacial score (nSPS) is 12.2. The third-order valence-electron chi connectivity index (χ3n) is 2.96. The molecule has 0 saturated heterocycles. The molecule has 3 N–H and O–H groups in total. The molecule has 0 aliphatic carbocycles. The second kappa shape index (κ2) is 5.08. The van der Waals surface area contributed by atoms with Gasteiger partial charge in [0.05, 0.1) is 5.56 Å². The molecule has 0 radical (unpaired) electrons. The number of benzene rings is 1. The van der Waals surface area contributed by atoms with Crippen molar-refractivity contribution in [2.24, 2.45) is 5.73 Å². The predicted molar refractivity (Wildman–Crippen MR) is 72.6 cm³/mol. The highest BCUT2D eigenvalue weighted by Gasteiger charge is 2.12. The molecule has 1 amide bonds. The molecule has 3 rings (SSSR count). The highest BCUT2D eigenvalue weighted by molar-refractivity contribution is 5.92. The Balaban J connectivity index is 1.65. The van der Waals surface area contributed by atoms with Crippen LogP contribution in [0.15, 0.2) is 36.5 Å². The fourth-order valence-corrected chi connectivity index (χ4v) is 1.89. The first-order valence-corrected chi connectivity index (χ1v) is 6.10. The van der Waals surface area contributed by atoms with Crippen molar-refractivity contribution in [3.05, 3.63) is 47.7 Å². The van der Waals surface area contributed by atoms with Crippen LogP contribution in [-0.4, -0.2) is 17.7 Å². The number of ether oxygens (including phenoxy) is 2. The Morgan fingerprint density at radius 1 is 1.25 bits per heavy atom. The van der Waals surface area contributed by atoms with Crippen LogP contribution in [0.25, 0.3) is 0 Å². The highest BCUT2D eigenvalue weighted by atomic mass is 16.7. The van der Waals surface area contributed by atoms with E-state index in [1.807, 2.05) is 18.2 Å². The second-order valence-corrected chi connectivity index (χ2v) is 4.34. The number of amides is 1. The van der Waals surface area contributed by atoms with Crippen molar-refractivity contribution >= 4 is 11.7 Å². The van der Waals surface area contributed by atoms with Gasteiger partial charge >= 0.3 is 0 Å². The van der Waals surface area contributed by atoms with Gasteiger partial charge in [0.1, 0.15) is 5.82 Å². The Hall–Kier alpha value is -2.76. The Morgan fingerprint density at radius 3 is 2.85 bits per heavy atom. The Morgan fingerprint density at radius 2 is 2.10 bits per heavy atom. The summed E-state index contributed by atoms with van der Waals surface area (Å²) in [5.74, 6) is 1.70. The van der Waals surface area contributed by atoms with Gasteiger partial charge in [-0.05, 0) is 29.8 Å². The topological polar surface area (TPSA) is 86.5 Å². The van der Waals surface area contributed by atoms with E-state index >= 15 is 0 Å². The van der Waals surface area contributed by atoms with Crippen LogP contribution in [0.4, 0.5) is 5.82 Å². The molecule has 1 aromatic carbocycles. The molecule has 2 aromatic rings. The molecular formula is C14H13N3O3. The van der Waals surface area contributed by atoms with Crippen molar-refractivity contribution in [3.63, 3.8) is 0 Å². The maximum atomic E-state index is 10.9. The summed E-state index contributed by atoms with van der Waals surface area (Å²) in [6.45, 7) is 0.863. The van der Waals surface area contributed by atoms with Gasteiger partial charge in [-0.25, -0.2) is 4.98 Å². The number of hydrogen-bond acceptors (Lipinski definition) is 5. The molecule has 0 saturated carbocycles. The summed E-state index contributed by atoms with van der Waals surface area (Å²) in [6.07, 6.45) is 1.45.